The minimum absolute atomic E-state index is 0.538. The summed E-state index contributed by atoms with van der Waals surface area (Å²) < 4.78 is 0. The summed E-state index contributed by atoms with van der Waals surface area (Å²) in [7, 11) is 0. The molecule has 1 unspecified atom stereocenters. The summed E-state index contributed by atoms with van der Waals surface area (Å²) in [4.78, 5) is 0. The SMILES string of the molecule is CCCCCCCCC(NCCC)c1cccc(C)c1C. The highest BCUT2D eigenvalue weighted by molar-refractivity contribution is 5.35. The molecule has 1 aromatic rings. The van der Waals surface area contributed by atoms with E-state index in [0.717, 1.165) is 6.54 Å². The molecule has 0 heterocycles. The van der Waals surface area contributed by atoms with E-state index in [2.05, 4.69) is 51.2 Å². The smallest absolute Gasteiger partial charge is 0.0322 e. The van der Waals surface area contributed by atoms with E-state index in [1.807, 2.05) is 0 Å². The van der Waals surface area contributed by atoms with Crippen molar-refractivity contribution in [2.75, 3.05) is 6.54 Å². The van der Waals surface area contributed by atoms with Gasteiger partial charge in [0.15, 0.2) is 0 Å². The molecule has 0 aromatic heterocycles. The first-order valence-electron chi connectivity index (χ1n) is 9.00. The maximum absolute atomic E-state index is 3.76. The van der Waals surface area contributed by atoms with E-state index >= 15 is 0 Å². The summed E-state index contributed by atoms with van der Waals surface area (Å²) in [6, 6.07) is 7.28. The fourth-order valence-corrected chi connectivity index (χ4v) is 2.97. The predicted molar refractivity (Wildman–Crippen MR) is 94.9 cm³/mol. The topological polar surface area (TPSA) is 12.0 Å². The summed E-state index contributed by atoms with van der Waals surface area (Å²) in [5.41, 5.74) is 4.40. The lowest BCUT2D eigenvalue weighted by atomic mass is 9.93. The molecule has 0 aliphatic rings. The molecular weight excluding hydrogens is 254 g/mol. The van der Waals surface area contributed by atoms with Gasteiger partial charge in [0.2, 0.25) is 0 Å². The van der Waals surface area contributed by atoms with Gasteiger partial charge in [0, 0.05) is 6.04 Å². The van der Waals surface area contributed by atoms with Crippen LogP contribution in [0.5, 0.6) is 0 Å². The molecule has 1 rings (SSSR count). The molecule has 0 saturated heterocycles. The van der Waals surface area contributed by atoms with Crippen LogP contribution in [0, 0.1) is 13.8 Å². The van der Waals surface area contributed by atoms with E-state index in [0.29, 0.717) is 6.04 Å². The molecule has 21 heavy (non-hydrogen) atoms. The van der Waals surface area contributed by atoms with Crippen molar-refractivity contribution < 1.29 is 0 Å². The Morgan fingerprint density at radius 1 is 0.905 bits per heavy atom. The zero-order valence-corrected chi connectivity index (χ0v) is 14.7. The van der Waals surface area contributed by atoms with Gasteiger partial charge in [-0.15, -0.1) is 0 Å². The summed E-state index contributed by atoms with van der Waals surface area (Å²) in [5, 5.41) is 3.76. The maximum atomic E-state index is 3.76. The van der Waals surface area contributed by atoms with Crippen molar-refractivity contribution in [2.45, 2.75) is 85.1 Å². The number of unbranched alkanes of at least 4 members (excludes halogenated alkanes) is 5. The second-order valence-electron chi connectivity index (χ2n) is 6.35. The quantitative estimate of drug-likeness (QED) is 0.486. The van der Waals surface area contributed by atoms with Crippen molar-refractivity contribution in [1.29, 1.82) is 0 Å². The molecule has 0 radical (unpaired) electrons. The van der Waals surface area contributed by atoms with Gasteiger partial charge < -0.3 is 5.32 Å². The van der Waals surface area contributed by atoms with E-state index < -0.39 is 0 Å². The molecule has 0 fully saturated rings. The summed E-state index contributed by atoms with van der Waals surface area (Å²) in [5.74, 6) is 0. The van der Waals surface area contributed by atoms with Gasteiger partial charge >= 0.3 is 0 Å². The molecule has 1 heteroatoms. The third kappa shape index (κ3) is 6.65. The molecular formula is C20H35N. The van der Waals surface area contributed by atoms with Crippen LogP contribution in [0.2, 0.25) is 0 Å². The maximum Gasteiger partial charge on any atom is 0.0322 e. The Labute approximate surface area is 132 Å². The lowest BCUT2D eigenvalue weighted by Gasteiger charge is -2.22. The van der Waals surface area contributed by atoms with Crippen molar-refractivity contribution in [3.63, 3.8) is 0 Å². The fraction of sp³-hybridized carbons (Fsp3) is 0.700. The van der Waals surface area contributed by atoms with Crippen LogP contribution >= 0.6 is 0 Å². The summed E-state index contributed by atoms with van der Waals surface area (Å²) in [6.07, 6.45) is 10.8. The molecule has 0 spiro atoms. The monoisotopic (exact) mass is 289 g/mol. The molecule has 0 aliphatic heterocycles. The minimum atomic E-state index is 0.538. The van der Waals surface area contributed by atoms with Crippen LogP contribution in [0.4, 0.5) is 0 Å². The van der Waals surface area contributed by atoms with E-state index in [-0.39, 0.29) is 0 Å². The number of hydrogen-bond donors (Lipinski definition) is 1. The molecule has 0 saturated carbocycles. The largest absolute Gasteiger partial charge is 0.310 e. The van der Waals surface area contributed by atoms with E-state index in [1.54, 1.807) is 0 Å². The Morgan fingerprint density at radius 3 is 2.33 bits per heavy atom. The van der Waals surface area contributed by atoms with Crippen molar-refractivity contribution >= 4 is 0 Å². The number of nitrogens with one attached hydrogen (secondary N) is 1. The Bertz CT molecular complexity index is 383. The molecule has 0 aliphatic carbocycles. The van der Waals surface area contributed by atoms with Crippen molar-refractivity contribution in [3.8, 4) is 0 Å². The summed E-state index contributed by atoms with van der Waals surface area (Å²) >= 11 is 0. The highest BCUT2D eigenvalue weighted by atomic mass is 14.9. The van der Waals surface area contributed by atoms with E-state index in [9.17, 15) is 0 Å². The first kappa shape index (κ1) is 18.2. The Hall–Kier alpha value is -0.820. The normalized spacial score (nSPS) is 12.6. The minimum Gasteiger partial charge on any atom is -0.310 e. The van der Waals surface area contributed by atoms with Gasteiger partial charge in [-0.3, -0.25) is 0 Å². The summed E-state index contributed by atoms with van der Waals surface area (Å²) in [6.45, 7) is 10.1. The van der Waals surface area contributed by atoms with Crippen molar-refractivity contribution in [1.82, 2.24) is 5.32 Å². The lowest BCUT2D eigenvalue weighted by Crippen LogP contribution is -2.23. The van der Waals surface area contributed by atoms with Crippen molar-refractivity contribution in [3.05, 3.63) is 34.9 Å². The molecule has 1 N–H and O–H groups in total. The molecule has 0 bridgehead atoms. The van der Waals surface area contributed by atoms with Gasteiger partial charge in [-0.05, 0) is 49.9 Å². The Kier molecular flexibility index (Phi) is 9.41. The van der Waals surface area contributed by atoms with E-state index in [4.69, 9.17) is 0 Å². The number of aryl methyl sites for hydroxylation is 1. The number of rotatable bonds is 11. The average Bonchev–Trinajstić information content (AvgIpc) is 2.49. The van der Waals surface area contributed by atoms with Crippen LogP contribution in [0.3, 0.4) is 0 Å². The van der Waals surface area contributed by atoms with Crippen LogP contribution in [-0.2, 0) is 0 Å². The first-order chi connectivity index (χ1) is 10.2. The van der Waals surface area contributed by atoms with Crippen LogP contribution in [0.15, 0.2) is 18.2 Å². The molecule has 1 nitrogen and oxygen atoms in total. The van der Waals surface area contributed by atoms with Gasteiger partial charge in [0.25, 0.3) is 0 Å². The van der Waals surface area contributed by atoms with Gasteiger partial charge in [0.05, 0.1) is 0 Å². The number of benzene rings is 1. The van der Waals surface area contributed by atoms with Crippen LogP contribution < -0.4 is 5.32 Å². The average molecular weight is 290 g/mol. The van der Waals surface area contributed by atoms with E-state index in [1.165, 1.54) is 68.1 Å². The fourth-order valence-electron chi connectivity index (χ4n) is 2.97. The van der Waals surface area contributed by atoms with Crippen molar-refractivity contribution in [2.24, 2.45) is 0 Å². The Balaban J connectivity index is 2.53. The van der Waals surface area contributed by atoms with Gasteiger partial charge in [-0.1, -0.05) is 70.6 Å². The van der Waals surface area contributed by atoms with Gasteiger partial charge in [-0.25, -0.2) is 0 Å². The van der Waals surface area contributed by atoms with Gasteiger partial charge in [-0.2, -0.15) is 0 Å². The second kappa shape index (κ2) is 10.8. The highest BCUT2D eigenvalue weighted by Gasteiger charge is 2.13. The second-order valence-corrected chi connectivity index (χ2v) is 6.35. The molecule has 120 valence electrons. The Morgan fingerprint density at radius 2 is 1.62 bits per heavy atom. The lowest BCUT2D eigenvalue weighted by molar-refractivity contribution is 0.465. The number of hydrogen-bond acceptors (Lipinski definition) is 1. The van der Waals surface area contributed by atoms with Crippen LogP contribution in [0.25, 0.3) is 0 Å². The standard InChI is InChI=1S/C20H35N/c1-5-7-8-9-10-11-15-20(21-16-6-2)19-14-12-13-17(3)18(19)4/h12-14,20-21H,5-11,15-16H2,1-4H3. The highest BCUT2D eigenvalue weighted by Crippen LogP contribution is 2.25. The third-order valence-corrected chi connectivity index (χ3v) is 4.51. The predicted octanol–water partition coefficient (Wildman–Crippen LogP) is 6.09. The zero-order chi connectivity index (χ0) is 15.5. The van der Waals surface area contributed by atoms with Gasteiger partial charge in [0.1, 0.15) is 0 Å². The molecule has 1 aromatic carbocycles. The molecule has 1 atom stereocenters. The third-order valence-electron chi connectivity index (χ3n) is 4.51. The molecule has 0 amide bonds. The zero-order valence-electron chi connectivity index (χ0n) is 14.7. The first-order valence-corrected chi connectivity index (χ1v) is 9.00. The van der Waals surface area contributed by atoms with Crippen LogP contribution in [-0.4, -0.2) is 6.54 Å². The van der Waals surface area contributed by atoms with Crippen LogP contribution in [0.1, 0.15) is 87.9 Å².